The van der Waals surface area contributed by atoms with E-state index in [0.717, 1.165) is 20.0 Å². The summed E-state index contributed by atoms with van der Waals surface area (Å²) in [5.74, 6) is 0. The van der Waals surface area contributed by atoms with Gasteiger partial charge in [-0.2, -0.15) is 0 Å². The van der Waals surface area contributed by atoms with Crippen LogP contribution in [0.5, 0.6) is 0 Å². The van der Waals surface area contributed by atoms with Crippen molar-refractivity contribution in [3.8, 4) is 0 Å². The third kappa shape index (κ3) is 4.36. The number of benzene rings is 1. The van der Waals surface area contributed by atoms with Gasteiger partial charge in [-0.25, -0.2) is 13.6 Å². The molecule has 0 saturated heterocycles. The van der Waals surface area contributed by atoms with Gasteiger partial charge in [0.05, 0.1) is 10.6 Å². The maximum absolute atomic E-state index is 12.0. The number of aliphatic hydroxyl groups is 1. The van der Waals surface area contributed by atoms with Gasteiger partial charge < -0.3 is 20.5 Å². The third-order valence-electron chi connectivity index (χ3n) is 4.19. The lowest BCUT2D eigenvalue weighted by atomic mass is 10.1. The van der Waals surface area contributed by atoms with Gasteiger partial charge in [0.15, 0.2) is 6.29 Å². The Hall–Kier alpha value is -1.98. The summed E-state index contributed by atoms with van der Waals surface area (Å²) >= 11 is 5.96. The molecule has 5 N–H and O–H groups in total. The Morgan fingerprint density at radius 3 is 2.39 bits per heavy atom. The van der Waals surface area contributed by atoms with Crippen molar-refractivity contribution in [2.45, 2.75) is 43.9 Å². The van der Waals surface area contributed by atoms with Gasteiger partial charge in [-0.05, 0) is 25.5 Å². The highest BCUT2D eigenvalue weighted by Gasteiger charge is 2.29. The molecule has 2 aromatic rings. The number of nitrogens with two attached hydrogens (primary N) is 1. The van der Waals surface area contributed by atoms with Crippen molar-refractivity contribution in [1.29, 1.82) is 0 Å². The largest absolute Gasteiger partial charge is 0.377 e. The zero-order valence-corrected chi connectivity index (χ0v) is 17.1. The van der Waals surface area contributed by atoms with E-state index in [1.165, 1.54) is 12.1 Å². The number of hydrogen-bond donors (Lipinski definition) is 4. The van der Waals surface area contributed by atoms with Crippen LogP contribution in [0.4, 0.5) is 17.1 Å². The molecule has 28 heavy (non-hydrogen) atoms. The van der Waals surface area contributed by atoms with Gasteiger partial charge in [0.2, 0.25) is 10.0 Å². The number of hydrogen-bond acceptors (Lipinski definition) is 8. The van der Waals surface area contributed by atoms with Gasteiger partial charge in [-0.1, -0.05) is 24.9 Å². The Bertz CT molecular complexity index is 1050. The fraction of sp³-hybridized carbons (Fsp3) is 0.412. The minimum absolute atomic E-state index is 0.0149. The number of methoxy groups -OCH3 is 1. The van der Waals surface area contributed by atoms with Crippen LogP contribution < -0.4 is 26.6 Å². The summed E-state index contributed by atoms with van der Waals surface area (Å²) in [6, 6.07) is 2.54. The van der Waals surface area contributed by atoms with E-state index in [1.54, 1.807) is 0 Å². The molecule has 2 aromatic carbocycles. The number of anilines is 3. The molecule has 0 heterocycles. The van der Waals surface area contributed by atoms with Crippen molar-refractivity contribution in [1.82, 2.24) is 0 Å². The van der Waals surface area contributed by atoms with Gasteiger partial charge in [0.25, 0.3) is 10.9 Å². The second-order valence-corrected chi connectivity index (χ2v) is 8.24. The number of nitrogens with one attached hydrogen (secondary N) is 2. The Morgan fingerprint density at radius 2 is 1.86 bits per heavy atom. The van der Waals surface area contributed by atoms with E-state index < -0.39 is 32.1 Å². The molecule has 2 rings (SSSR count). The zero-order valence-electron chi connectivity index (χ0n) is 15.6. The minimum Gasteiger partial charge on any atom is -0.377 e. The Balaban J connectivity index is 2.56. The summed E-state index contributed by atoms with van der Waals surface area (Å²) in [5.41, 5.74) is -1.65. The zero-order chi connectivity index (χ0) is 21.2. The monoisotopic (exact) mass is 431 g/mol. The van der Waals surface area contributed by atoms with Crippen LogP contribution in [0.2, 0.25) is 5.02 Å². The van der Waals surface area contributed by atoms with Crippen molar-refractivity contribution in [2.24, 2.45) is 5.14 Å². The molecule has 0 radical (unpaired) electrons. The molecule has 0 aliphatic heterocycles. The first-order valence-electron chi connectivity index (χ1n) is 8.45. The highest BCUT2D eigenvalue weighted by atomic mass is 35.5. The first-order valence-corrected chi connectivity index (χ1v) is 10.4. The normalized spacial score (nSPS) is 14.1. The lowest BCUT2D eigenvalue weighted by molar-refractivity contribution is -0.0782. The van der Waals surface area contributed by atoms with Crippen LogP contribution in [0.25, 0.3) is 0 Å². The van der Waals surface area contributed by atoms with Crippen LogP contribution in [0, 0.1) is 0 Å². The summed E-state index contributed by atoms with van der Waals surface area (Å²) in [7, 11) is -3.17. The standard InChI is InChI=1S/C17H22ClN3O6S/c1-4-5-8(2)20-12-13(15(23)14(12)22)21-10-7-6-9(18)16(28(19,25)26)11(10)17(24)27-3/h6-8,17,20-21,24H,4-5H2,1-3H3,(H2,19,25,26). The van der Waals surface area contributed by atoms with Gasteiger partial charge in [0.1, 0.15) is 16.3 Å². The third-order valence-corrected chi connectivity index (χ3v) is 5.62. The van der Waals surface area contributed by atoms with E-state index in [9.17, 15) is 23.1 Å². The smallest absolute Gasteiger partial charge is 0.253 e. The van der Waals surface area contributed by atoms with E-state index in [1.807, 2.05) is 13.8 Å². The predicted molar refractivity (Wildman–Crippen MR) is 107 cm³/mol. The number of primary sulfonamides is 1. The Morgan fingerprint density at radius 1 is 1.25 bits per heavy atom. The second-order valence-electron chi connectivity index (χ2n) is 6.34. The van der Waals surface area contributed by atoms with Crippen molar-refractivity contribution in [2.75, 3.05) is 17.7 Å². The minimum atomic E-state index is -4.33. The fourth-order valence-electron chi connectivity index (χ4n) is 2.87. The molecule has 0 aliphatic carbocycles. The molecule has 9 nitrogen and oxygen atoms in total. The van der Waals surface area contributed by atoms with Gasteiger partial charge in [-0.15, -0.1) is 0 Å². The van der Waals surface area contributed by atoms with Crippen LogP contribution in [0.15, 0.2) is 26.6 Å². The van der Waals surface area contributed by atoms with Crippen LogP contribution in [-0.2, 0) is 14.8 Å². The summed E-state index contributed by atoms with van der Waals surface area (Å²) in [6.07, 6.45) is -0.0372. The lowest BCUT2D eigenvalue weighted by Gasteiger charge is -2.22. The van der Waals surface area contributed by atoms with Crippen LogP contribution >= 0.6 is 11.6 Å². The number of sulfonamides is 1. The summed E-state index contributed by atoms with van der Waals surface area (Å²) in [5, 5.41) is 20.8. The van der Waals surface area contributed by atoms with E-state index >= 15 is 0 Å². The molecule has 0 aromatic heterocycles. The topological polar surface area (TPSA) is 148 Å². The van der Waals surface area contributed by atoms with Crippen molar-refractivity contribution in [3.63, 3.8) is 0 Å². The average molecular weight is 432 g/mol. The van der Waals surface area contributed by atoms with Crippen molar-refractivity contribution < 1.29 is 18.3 Å². The summed E-state index contributed by atoms with van der Waals surface area (Å²) in [4.78, 5) is 23.4. The maximum Gasteiger partial charge on any atom is 0.253 e. The van der Waals surface area contributed by atoms with Crippen molar-refractivity contribution in [3.05, 3.63) is 43.2 Å². The molecule has 0 aliphatic rings. The first-order chi connectivity index (χ1) is 13.0. The van der Waals surface area contributed by atoms with E-state index in [0.29, 0.717) is 0 Å². The Labute approximate surface area is 167 Å². The molecular weight excluding hydrogens is 410 g/mol. The predicted octanol–water partition coefficient (Wildman–Crippen LogP) is 1.56. The lowest BCUT2D eigenvalue weighted by Crippen LogP contribution is -2.38. The second kappa shape index (κ2) is 8.58. The molecule has 0 spiro atoms. The molecule has 11 heteroatoms. The Kier molecular flexibility index (Phi) is 6.84. The van der Waals surface area contributed by atoms with E-state index in [2.05, 4.69) is 10.6 Å². The SMILES string of the molecule is CCCC(C)Nc1c(Nc2ccc(Cl)c(S(N)(=O)=O)c2C(O)OC)c(=O)c1=O. The van der Waals surface area contributed by atoms with E-state index in [-0.39, 0.29) is 33.7 Å². The average Bonchev–Trinajstić information content (AvgIpc) is 2.63. The molecular formula is C17H22ClN3O6S. The number of aliphatic hydroxyl groups excluding tert-OH is 1. The number of rotatable bonds is 9. The van der Waals surface area contributed by atoms with Crippen LogP contribution in [0.3, 0.4) is 0 Å². The number of halogens is 1. The summed E-state index contributed by atoms with van der Waals surface area (Å²) in [6.45, 7) is 3.85. The molecule has 0 amide bonds. The van der Waals surface area contributed by atoms with Gasteiger partial charge in [0, 0.05) is 18.8 Å². The molecule has 2 unspecified atom stereocenters. The number of ether oxygens (including phenoxy) is 1. The summed E-state index contributed by atoms with van der Waals surface area (Å²) < 4.78 is 28.8. The maximum atomic E-state index is 12.0. The molecule has 2 atom stereocenters. The molecule has 0 bridgehead atoms. The van der Waals surface area contributed by atoms with Gasteiger partial charge in [-0.3, -0.25) is 9.59 Å². The van der Waals surface area contributed by atoms with Crippen LogP contribution in [0.1, 0.15) is 38.5 Å². The van der Waals surface area contributed by atoms with Crippen LogP contribution in [-0.4, -0.2) is 26.7 Å². The first kappa shape index (κ1) is 22.3. The van der Waals surface area contributed by atoms with Gasteiger partial charge >= 0.3 is 0 Å². The van der Waals surface area contributed by atoms with E-state index in [4.69, 9.17) is 21.5 Å². The van der Waals surface area contributed by atoms with Crippen molar-refractivity contribution >= 4 is 38.7 Å². The highest BCUT2D eigenvalue weighted by Crippen LogP contribution is 2.37. The quantitative estimate of drug-likeness (QED) is 0.345. The molecule has 0 saturated carbocycles. The fourth-order valence-corrected chi connectivity index (χ4v) is 4.21. The highest BCUT2D eigenvalue weighted by molar-refractivity contribution is 7.89. The molecule has 0 fully saturated rings. The molecule has 154 valence electrons.